The number of rotatable bonds is 8. The molecular weight excluding hydrogens is 474 g/mol. The fraction of sp³-hybridized carbons (Fsp3) is 0.500. The zero-order valence-corrected chi connectivity index (χ0v) is 22.9. The molecule has 5 nitrogen and oxygen atoms in total. The van der Waals surface area contributed by atoms with E-state index in [1.807, 2.05) is 38.1 Å². The van der Waals surface area contributed by atoms with Crippen LogP contribution >= 0.6 is 11.6 Å². The van der Waals surface area contributed by atoms with Crippen molar-refractivity contribution in [3.05, 3.63) is 70.8 Å². The third-order valence-corrected chi connectivity index (χ3v) is 7.25. The van der Waals surface area contributed by atoms with Gasteiger partial charge >= 0.3 is 0 Å². The number of aldehydes is 1. The largest absolute Gasteiger partial charge is 0.491 e. The van der Waals surface area contributed by atoms with Crippen LogP contribution in [0.2, 0.25) is 5.02 Å². The summed E-state index contributed by atoms with van der Waals surface area (Å²) < 4.78 is 6.28. The number of carbonyl (C=O) groups is 1. The third-order valence-electron chi connectivity index (χ3n) is 7.02. The number of anilines is 1. The van der Waals surface area contributed by atoms with Gasteiger partial charge in [0.1, 0.15) is 12.0 Å². The number of nitrogens with zero attached hydrogens (tertiary/aromatic N) is 1. The highest BCUT2D eigenvalue weighted by Crippen LogP contribution is 2.42. The Labute approximate surface area is 221 Å². The predicted octanol–water partition coefficient (Wildman–Crippen LogP) is 6.30. The van der Waals surface area contributed by atoms with E-state index in [1.54, 1.807) is 6.08 Å². The van der Waals surface area contributed by atoms with Crippen molar-refractivity contribution in [3.63, 3.8) is 0 Å². The van der Waals surface area contributed by atoms with Gasteiger partial charge in [0.25, 0.3) is 0 Å². The number of aliphatic hydroxyl groups excluding tert-OH is 2. The van der Waals surface area contributed by atoms with Gasteiger partial charge in [0.2, 0.25) is 0 Å². The fourth-order valence-electron chi connectivity index (χ4n) is 5.13. The predicted molar refractivity (Wildman–Crippen MR) is 150 cm³/mol. The van der Waals surface area contributed by atoms with Gasteiger partial charge in [0.05, 0.1) is 18.4 Å². The molecule has 0 radical (unpaired) electrons. The second kappa shape index (κ2) is 15.0. The monoisotopic (exact) mass is 515 g/mol. The molecule has 1 saturated carbocycles. The molecule has 0 spiro atoms. The molecule has 1 aliphatic heterocycles. The minimum Gasteiger partial charge on any atom is -0.491 e. The maximum absolute atomic E-state index is 11.5. The highest BCUT2D eigenvalue weighted by molar-refractivity contribution is 6.30. The molecule has 4 atom stereocenters. The van der Waals surface area contributed by atoms with Gasteiger partial charge in [-0.25, -0.2) is 0 Å². The van der Waals surface area contributed by atoms with E-state index in [0.29, 0.717) is 18.1 Å². The van der Waals surface area contributed by atoms with Crippen LogP contribution in [0.4, 0.5) is 5.69 Å². The van der Waals surface area contributed by atoms with Crippen molar-refractivity contribution in [2.75, 3.05) is 31.7 Å². The summed E-state index contributed by atoms with van der Waals surface area (Å²) in [4.78, 5) is 13.8. The number of hydrogen-bond donors (Lipinski definition) is 2. The van der Waals surface area contributed by atoms with E-state index < -0.39 is 6.10 Å². The van der Waals surface area contributed by atoms with Crippen LogP contribution in [0.5, 0.6) is 5.75 Å². The average Bonchev–Trinajstić information content (AvgIpc) is 3.08. The Kier molecular flexibility index (Phi) is 12.5. The van der Waals surface area contributed by atoms with Gasteiger partial charge in [-0.2, -0.15) is 0 Å². The molecule has 4 rings (SSSR count). The first-order valence-electron chi connectivity index (χ1n) is 13.0. The van der Waals surface area contributed by atoms with Crippen molar-refractivity contribution < 1.29 is 19.7 Å². The Bertz CT molecular complexity index is 979. The van der Waals surface area contributed by atoms with Crippen LogP contribution in [0.25, 0.3) is 0 Å². The Morgan fingerprint density at radius 1 is 1.19 bits per heavy atom. The van der Waals surface area contributed by atoms with Crippen LogP contribution in [-0.2, 0) is 6.42 Å². The number of benzene rings is 2. The minimum atomic E-state index is -0.471. The number of hydrogen-bond acceptors (Lipinski definition) is 5. The second-order valence-electron chi connectivity index (χ2n) is 9.08. The molecule has 0 saturated heterocycles. The average molecular weight is 516 g/mol. The maximum Gasteiger partial charge on any atom is 0.150 e. The zero-order valence-electron chi connectivity index (χ0n) is 22.1. The summed E-state index contributed by atoms with van der Waals surface area (Å²) in [7, 11) is 1.00. The summed E-state index contributed by atoms with van der Waals surface area (Å²) in [5.74, 6) is 1.61. The molecule has 2 aliphatic rings. The smallest absolute Gasteiger partial charge is 0.150 e. The Balaban J connectivity index is 0.00000109. The lowest BCUT2D eigenvalue weighted by molar-refractivity contribution is 0.0465. The molecule has 1 fully saturated rings. The highest BCUT2D eigenvalue weighted by Gasteiger charge is 2.37. The number of aliphatic hydroxyl groups is 2. The van der Waals surface area contributed by atoms with Crippen molar-refractivity contribution in [1.82, 2.24) is 0 Å². The molecule has 2 N–H and O–H groups in total. The second-order valence-corrected chi connectivity index (χ2v) is 9.52. The van der Waals surface area contributed by atoms with Gasteiger partial charge in [-0.3, -0.25) is 4.79 Å². The van der Waals surface area contributed by atoms with E-state index in [2.05, 4.69) is 30.5 Å². The lowest BCUT2D eigenvalue weighted by Gasteiger charge is -2.42. The van der Waals surface area contributed by atoms with E-state index >= 15 is 0 Å². The number of halogens is 1. The van der Waals surface area contributed by atoms with E-state index in [0.717, 1.165) is 68.6 Å². The van der Waals surface area contributed by atoms with Crippen molar-refractivity contribution in [2.45, 2.75) is 58.5 Å². The molecule has 4 unspecified atom stereocenters. The first kappa shape index (κ1) is 29.9. The standard InChI is InChI=1S/C27H32ClNO3.C2H6.CH4O/c1-3-5-19-13-22(28)8-10-23(19)21-15-29(14-20-7-9-24(20)26(31)4-2)25-12-18(16-30)6-11-27(25)32-17-21;2*1-2/h4,6,8,10-13,16,20-21,24,26,31H,2-3,5,7,9,14-15,17H2,1H3;1-2H3;2H,1H3. The van der Waals surface area contributed by atoms with Crippen LogP contribution in [-0.4, -0.2) is 49.4 Å². The molecule has 2 aromatic rings. The quantitative estimate of drug-likeness (QED) is 0.319. The van der Waals surface area contributed by atoms with Gasteiger partial charge < -0.3 is 19.8 Å². The molecular formula is C30H42ClNO4. The molecule has 36 heavy (non-hydrogen) atoms. The van der Waals surface area contributed by atoms with Crippen molar-refractivity contribution in [1.29, 1.82) is 0 Å². The number of fused-ring (bicyclic) bond motifs is 1. The fourth-order valence-corrected chi connectivity index (χ4v) is 5.33. The molecule has 6 heteroatoms. The summed E-state index contributed by atoms with van der Waals surface area (Å²) >= 11 is 6.31. The van der Waals surface area contributed by atoms with E-state index in [9.17, 15) is 9.90 Å². The summed E-state index contributed by atoms with van der Waals surface area (Å²) in [5.41, 5.74) is 4.16. The maximum atomic E-state index is 11.5. The van der Waals surface area contributed by atoms with E-state index in [-0.39, 0.29) is 11.8 Å². The first-order chi connectivity index (χ1) is 17.5. The Hall–Kier alpha value is -2.34. The Morgan fingerprint density at radius 2 is 1.94 bits per heavy atom. The number of ether oxygens (including phenoxy) is 1. The summed E-state index contributed by atoms with van der Waals surface area (Å²) in [5, 5.41) is 18.1. The molecule has 1 heterocycles. The van der Waals surface area contributed by atoms with Crippen LogP contribution in [0.15, 0.2) is 49.1 Å². The molecule has 1 aliphatic carbocycles. The van der Waals surface area contributed by atoms with Gasteiger partial charge in [-0.15, -0.1) is 6.58 Å². The van der Waals surface area contributed by atoms with Crippen molar-refractivity contribution in [3.8, 4) is 5.75 Å². The van der Waals surface area contributed by atoms with Crippen LogP contribution in [0.3, 0.4) is 0 Å². The lowest BCUT2D eigenvalue weighted by atomic mass is 9.70. The number of carbonyl (C=O) groups excluding carboxylic acids is 1. The normalized spacial score (nSPS) is 21.1. The highest BCUT2D eigenvalue weighted by atomic mass is 35.5. The molecule has 198 valence electrons. The Morgan fingerprint density at radius 3 is 2.56 bits per heavy atom. The van der Waals surface area contributed by atoms with E-state index in [1.165, 1.54) is 11.1 Å². The van der Waals surface area contributed by atoms with Crippen molar-refractivity contribution >= 4 is 23.6 Å². The van der Waals surface area contributed by atoms with Gasteiger partial charge in [-0.1, -0.05) is 50.9 Å². The lowest BCUT2D eigenvalue weighted by Crippen LogP contribution is -2.43. The summed E-state index contributed by atoms with van der Waals surface area (Å²) in [6, 6.07) is 11.8. The third kappa shape index (κ3) is 7.12. The van der Waals surface area contributed by atoms with Gasteiger partial charge in [0, 0.05) is 36.7 Å². The molecule has 0 aromatic heterocycles. The van der Waals surface area contributed by atoms with Crippen LogP contribution in [0.1, 0.15) is 67.4 Å². The van der Waals surface area contributed by atoms with E-state index in [4.69, 9.17) is 21.4 Å². The van der Waals surface area contributed by atoms with Crippen LogP contribution < -0.4 is 9.64 Å². The van der Waals surface area contributed by atoms with Gasteiger partial charge in [0.15, 0.2) is 0 Å². The summed E-state index contributed by atoms with van der Waals surface area (Å²) in [6.07, 6.45) is 6.19. The molecule has 2 aromatic carbocycles. The van der Waals surface area contributed by atoms with Crippen LogP contribution in [0, 0.1) is 11.8 Å². The molecule has 0 bridgehead atoms. The van der Waals surface area contributed by atoms with Gasteiger partial charge in [-0.05, 0) is 72.6 Å². The first-order valence-corrected chi connectivity index (χ1v) is 13.4. The van der Waals surface area contributed by atoms with Crippen molar-refractivity contribution in [2.24, 2.45) is 11.8 Å². The zero-order chi connectivity index (χ0) is 26.7. The minimum absolute atomic E-state index is 0.184. The SMILES string of the molecule is C=CC(O)C1CCC1CN1CC(c2ccc(Cl)cc2CCC)COc2ccc(C=O)cc21.CC.CO. The molecule has 0 amide bonds. The summed E-state index contributed by atoms with van der Waals surface area (Å²) in [6.45, 7) is 12.1. The topological polar surface area (TPSA) is 70.0 Å². The number of aryl methyl sites for hydroxylation is 1.